The molecule has 0 radical (unpaired) electrons. The number of hydrogen-bond donors (Lipinski definition) is 0. The zero-order valence-electron chi connectivity index (χ0n) is 9.68. The van der Waals surface area contributed by atoms with E-state index in [1.165, 1.54) is 6.33 Å². The lowest BCUT2D eigenvalue weighted by Gasteiger charge is -2.12. The van der Waals surface area contributed by atoms with Crippen LogP contribution < -0.4 is 4.74 Å². The Labute approximate surface area is 105 Å². The number of hydrogen-bond acceptors (Lipinski definition) is 4. The average molecular weight is 253 g/mol. The quantitative estimate of drug-likeness (QED) is 0.783. The first-order chi connectivity index (χ1) is 8.18. The highest BCUT2D eigenvalue weighted by atomic mass is 35.5. The number of aromatic nitrogens is 2. The molecule has 0 saturated carbocycles. The molecular formula is C12H13ClN2O2. The van der Waals surface area contributed by atoms with Crippen LogP contribution in [-0.2, 0) is 6.61 Å². The Hall–Kier alpha value is -1.55. The molecule has 4 nitrogen and oxygen atoms in total. The zero-order valence-corrected chi connectivity index (χ0v) is 10.4. The molecule has 0 aliphatic carbocycles. The van der Waals surface area contributed by atoms with Crippen LogP contribution in [-0.4, -0.2) is 9.97 Å². The molecule has 0 aliphatic rings. The lowest BCUT2D eigenvalue weighted by Crippen LogP contribution is -2.03. The van der Waals surface area contributed by atoms with Gasteiger partial charge in [-0.05, 0) is 18.1 Å². The number of rotatable bonds is 4. The molecule has 2 rings (SSSR count). The van der Waals surface area contributed by atoms with Crippen LogP contribution in [0, 0.1) is 0 Å². The Morgan fingerprint density at radius 2 is 2.24 bits per heavy atom. The van der Waals surface area contributed by atoms with E-state index in [0.717, 1.165) is 11.3 Å². The Morgan fingerprint density at radius 1 is 1.41 bits per heavy atom. The molecular weight excluding hydrogens is 240 g/mol. The van der Waals surface area contributed by atoms with E-state index in [1.54, 1.807) is 6.26 Å². The second-order valence-corrected chi connectivity index (χ2v) is 4.26. The highest BCUT2D eigenvalue weighted by molar-refractivity contribution is 6.30. The van der Waals surface area contributed by atoms with Crippen molar-refractivity contribution in [3.05, 3.63) is 41.2 Å². The summed E-state index contributed by atoms with van der Waals surface area (Å²) in [4.78, 5) is 8.06. The van der Waals surface area contributed by atoms with E-state index in [9.17, 15) is 0 Å². The molecule has 0 aromatic carbocycles. The fourth-order valence-corrected chi connectivity index (χ4v) is 1.84. The molecule has 0 amide bonds. The summed E-state index contributed by atoms with van der Waals surface area (Å²) < 4.78 is 10.8. The second kappa shape index (κ2) is 5.19. The highest BCUT2D eigenvalue weighted by Gasteiger charge is 2.15. The van der Waals surface area contributed by atoms with Crippen molar-refractivity contribution in [2.24, 2.45) is 0 Å². The molecule has 17 heavy (non-hydrogen) atoms. The molecule has 0 saturated heterocycles. The molecule has 0 spiro atoms. The summed E-state index contributed by atoms with van der Waals surface area (Å²) >= 11 is 6.03. The van der Waals surface area contributed by atoms with Crippen molar-refractivity contribution in [1.82, 2.24) is 9.97 Å². The van der Waals surface area contributed by atoms with Gasteiger partial charge in [0.05, 0.1) is 11.8 Å². The second-order valence-electron chi connectivity index (χ2n) is 3.91. The smallest absolute Gasteiger partial charge is 0.221 e. The van der Waals surface area contributed by atoms with Gasteiger partial charge >= 0.3 is 0 Å². The molecule has 0 unspecified atom stereocenters. The normalized spacial score (nSPS) is 10.8. The van der Waals surface area contributed by atoms with Crippen molar-refractivity contribution in [3.8, 4) is 5.88 Å². The van der Waals surface area contributed by atoms with Crippen LogP contribution in [0.3, 0.4) is 0 Å². The van der Waals surface area contributed by atoms with Gasteiger partial charge in [0.15, 0.2) is 0 Å². The van der Waals surface area contributed by atoms with Crippen molar-refractivity contribution in [2.75, 3.05) is 0 Å². The monoisotopic (exact) mass is 252 g/mol. The number of halogens is 1. The first-order valence-corrected chi connectivity index (χ1v) is 5.72. The maximum absolute atomic E-state index is 6.03. The van der Waals surface area contributed by atoms with Crippen molar-refractivity contribution in [1.29, 1.82) is 0 Å². The van der Waals surface area contributed by atoms with E-state index in [0.29, 0.717) is 17.6 Å². The molecule has 0 fully saturated rings. The summed E-state index contributed by atoms with van der Waals surface area (Å²) in [6, 6.07) is 3.66. The van der Waals surface area contributed by atoms with E-state index in [4.69, 9.17) is 20.8 Å². The van der Waals surface area contributed by atoms with Gasteiger partial charge in [-0.2, -0.15) is 0 Å². The Bertz CT molecular complexity index is 483. The number of nitrogens with zero attached hydrogens (tertiary/aromatic N) is 2. The fraction of sp³-hybridized carbons (Fsp3) is 0.333. The summed E-state index contributed by atoms with van der Waals surface area (Å²) in [6.45, 7) is 4.37. The van der Waals surface area contributed by atoms with Gasteiger partial charge in [0, 0.05) is 0 Å². The van der Waals surface area contributed by atoms with Crippen LogP contribution >= 0.6 is 11.6 Å². The van der Waals surface area contributed by atoms with Gasteiger partial charge in [-0.15, -0.1) is 0 Å². The molecule has 0 N–H and O–H groups in total. The van der Waals surface area contributed by atoms with Crippen LogP contribution in [0.15, 0.2) is 29.1 Å². The summed E-state index contributed by atoms with van der Waals surface area (Å²) in [5.74, 6) is 1.46. The van der Waals surface area contributed by atoms with Crippen LogP contribution in [0.5, 0.6) is 5.88 Å². The third kappa shape index (κ3) is 2.77. The first kappa shape index (κ1) is 11.9. The third-order valence-corrected chi connectivity index (χ3v) is 2.61. The first-order valence-electron chi connectivity index (χ1n) is 5.34. The lowest BCUT2D eigenvalue weighted by molar-refractivity contribution is 0.256. The van der Waals surface area contributed by atoms with Gasteiger partial charge < -0.3 is 9.15 Å². The Kier molecular flexibility index (Phi) is 3.64. The lowest BCUT2D eigenvalue weighted by atomic mass is 10.1. The maximum atomic E-state index is 6.03. The van der Waals surface area contributed by atoms with Crippen molar-refractivity contribution >= 4 is 11.6 Å². The largest absolute Gasteiger partial charge is 0.469 e. The highest BCUT2D eigenvalue weighted by Crippen LogP contribution is 2.29. The Balaban J connectivity index is 2.18. The SMILES string of the molecule is CC(C)c1c(Cl)ncnc1OCc1ccco1. The van der Waals surface area contributed by atoms with Gasteiger partial charge in [-0.1, -0.05) is 25.4 Å². The minimum Gasteiger partial charge on any atom is -0.469 e. The molecule has 90 valence electrons. The molecule has 0 atom stereocenters. The minimum absolute atomic E-state index is 0.204. The van der Waals surface area contributed by atoms with Gasteiger partial charge in [0.25, 0.3) is 0 Å². The fourth-order valence-electron chi connectivity index (χ4n) is 1.49. The predicted molar refractivity (Wildman–Crippen MR) is 64.2 cm³/mol. The number of furan rings is 1. The Morgan fingerprint density at radius 3 is 2.88 bits per heavy atom. The predicted octanol–water partition coefficient (Wildman–Crippen LogP) is 3.43. The molecule has 5 heteroatoms. The van der Waals surface area contributed by atoms with Gasteiger partial charge in [0.1, 0.15) is 23.8 Å². The molecule has 0 aliphatic heterocycles. The minimum atomic E-state index is 0.204. The maximum Gasteiger partial charge on any atom is 0.221 e. The standard InChI is InChI=1S/C12H13ClN2O2/c1-8(2)10-11(13)14-7-15-12(10)17-6-9-4-3-5-16-9/h3-5,7-8H,6H2,1-2H3. The molecule has 0 bridgehead atoms. The topological polar surface area (TPSA) is 48.2 Å². The summed E-state index contributed by atoms with van der Waals surface area (Å²) in [5.41, 5.74) is 0.820. The van der Waals surface area contributed by atoms with Crippen LogP contribution in [0.25, 0.3) is 0 Å². The van der Waals surface area contributed by atoms with E-state index < -0.39 is 0 Å². The molecule has 2 heterocycles. The van der Waals surface area contributed by atoms with Crippen LogP contribution in [0.1, 0.15) is 31.1 Å². The van der Waals surface area contributed by atoms with E-state index in [1.807, 2.05) is 26.0 Å². The third-order valence-electron chi connectivity index (χ3n) is 2.31. The van der Waals surface area contributed by atoms with Crippen molar-refractivity contribution in [2.45, 2.75) is 26.4 Å². The van der Waals surface area contributed by atoms with Crippen molar-refractivity contribution in [3.63, 3.8) is 0 Å². The van der Waals surface area contributed by atoms with Crippen LogP contribution in [0.2, 0.25) is 5.15 Å². The molecule has 2 aromatic heterocycles. The summed E-state index contributed by atoms with van der Waals surface area (Å²) in [6.07, 6.45) is 3.00. The summed E-state index contributed by atoms with van der Waals surface area (Å²) in [7, 11) is 0. The van der Waals surface area contributed by atoms with E-state index >= 15 is 0 Å². The molecule has 2 aromatic rings. The van der Waals surface area contributed by atoms with E-state index in [2.05, 4.69) is 9.97 Å². The van der Waals surface area contributed by atoms with Gasteiger partial charge in [-0.3, -0.25) is 0 Å². The van der Waals surface area contributed by atoms with Crippen molar-refractivity contribution < 1.29 is 9.15 Å². The zero-order chi connectivity index (χ0) is 12.3. The summed E-state index contributed by atoms with van der Waals surface area (Å²) in [5, 5.41) is 0.435. The number of ether oxygens (including phenoxy) is 1. The average Bonchev–Trinajstić information content (AvgIpc) is 2.78. The van der Waals surface area contributed by atoms with Gasteiger partial charge in [0.2, 0.25) is 5.88 Å². The van der Waals surface area contributed by atoms with Gasteiger partial charge in [-0.25, -0.2) is 9.97 Å². The van der Waals surface area contributed by atoms with Crippen LogP contribution in [0.4, 0.5) is 0 Å². The van der Waals surface area contributed by atoms with E-state index in [-0.39, 0.29) is 5.92 Å².